The van der Waals surface area contributed by atoms with Crippen LogP contribution in [0.25, 0.3) is 0 Å². The highest BCUT2D eigenvalue weighted by Crippen LogP contribution is 2.25. The molecule has 0 radical (unpaired) electrons. The summed E-state index contributed by atoms with van der Waals surface area (Å²) in [6.45, 7) is 1.16. The van der Waals surface area contributed by atoms with E-state index in [9.17, 15) is 0 Å². The van der Waals surface area contributed by atoms with Crippen LogP contribution in [0, 0.1) is 0 Å². The molecule has 0 spiro atoms. The third-order valence-corrected chi connectivity index (χ3v) is 3.09. The summed E-state index contributed by atoms with van der Waals surface area (Å²) in [5.74, 6) is 0. The van der Waals surface area contributed by atoms with E-state index in [1.54, 1.807) is 0 Å². The topological polar surface area (TPSA) is 3.24 Å². The number of benzene rings is 1. The lowest BCUT2D eigenvalue weighted by atomic mass is 10.1. The first-order valence-corrected chi connectivity index (χ1v) is 5.58. The van der Waals surface area contributed by atoms with Crippen LogP contribution in [-0.2, 0) is 6.42 Å². The van der Waals surface area contributed by atoms with E-state index in [1.165, 1.54) is 18.4 Å². The van der Waals surface area contributed by atoms with Crippen LogP contribution in [0.1, 0.15) is 18.4 Å². The number of likely N-dealkylation sites (N-methyl/N-ethyl adjacent to an activating group) is 1. The Kier molecular flexibility index (Phi) is 3.09. The molecule has 2 heteroatoms. The first-order chi connectivity index (χ1) is 6.75. The van der Waals surface area contributed by atoms with E-state index in [4.69, 9.17) is 11.6 Å². The van der Waals surface area contributed by atoms with Gasteiger partial charge in [-0.1, -0.05) is 23.7 Å². The zero-order valence-corrected chi connectivity index (χ0v) is 9.30. The molecule has 1 aromatic rings. The van der Waals surface area contributed by atoms with E-state index in [0.29, 0.717) is 0 Å². The minimum Gasteiger partial charge on any atom is -0.303 e. The summed E-state index contributed by atoms with van der Waals surface area (Å²) >= 11 is 5.82. The van der Waals surface area contributed by atoms with Gasteiger partial charge in [0.25, 0.3) is 0 Å². The van der Waals surface area contributed by atoms with E-state index < -0.39 is 0 Å². The molecule has 1 aliphatic carbocycles. The van der Waals surface area contributed by atoms with E-state index >= 15 is 0 Å². The lowest BCUT2D eigenvalue weighted by Crippen LogP contribution is -2.23. The maximum Gasteiger partial charge on any atom is 0.0406 e. The second-order valence-corrected chi connectivity index (χ2v) is 4.52. The summed E-state index contributed by atoms with van der Waals surface area (Å²) in [6, 6.07) is 9.02. The molecule has 0 aliphatic heterocycles. The number of rotatable bonds is 4. The lowest BCUT2D eigenvalue weighted by Gasteiger charge is -2.15. The largest absolute Gasteiger partial charge is 0.303 e. The Hall–Kier alpha value is -0.530. The van der Waals surface area contributed by atoms with E-state index in [2.05, 4.69) is 24.1 Å². The summed E-state index contributed by atoms with van der Waals surface area (Å²) in [5.41, 5.74) is 1.38. The molecule has 0 atom stereocenters. The molecule has 0 unspecified atom stereocenters. The summed E-state index contributed by atoms with van der Waals surface area (Å²) < 4.78 is 0. The molecule has 14 heavy (non-hydrogen) atoms. The lowest BCUT2D eigenvalue weighted by molar-refractivity contribution is 0.328. The predicted octanol–water partition coefficient (Wildman–Crippen LogP) is 2.98. The van der Waals surface area contributed by atoms with Gasteiger partial charge in [0.1, 0.15) is 0 Å². The van der Waals surface area contributed by atoms with Gasteiger partial charge in [0.05, 0.1) is 0 Å². The van der Waals surface area contributed by atoms with Crippen molar-refractivity contribution < 1.29 is 0 Å². The number of hydrogen-bond donors (Lipinski definition) is 0. The third kappa shape index (κ3) is 2.73. The maximum absolute atomic E-state index is 5.82. The molecule has 1 saturated carbocycles. The average Bonchev–Trinajstić information content (AvgIpc) is 3.00. The Morgan fingerprint density at radius 3 is 2.50 bits per heavy atom. The number of nitrogens with zero attached hydrogens (tertiary/aromatic N) is 1. The normalized spacial score (nSPS) is 16.2. The molecule has 1 aliphatic rings. The van der Waals surface area contributed by atoms with Gasteiger partial charge in [0.15, 0.2) is 0 Å². The van der Waals surface area contributed by atoms with Crippen LogP contribution in [0.15, 0.2) is 24.3 Å². The zero-order chi connectivity index (χ0) is 9.97. The molecular formula is C12H16ClN. The van der Waals surface area contributed by atoms with Gasteiger partial charge in [-0.05, 0) is 44.0 Å². The van der Waals surface area contributed by atoms with E-state index in [0.717, 1.165) is 24.0 Å². The van der Waals surface area contributed by atoms with Gasteiger partial charge in [0, 0.05) is 17.6 Å². The van der Waals surface area contributed by atoms with Gasteiger partial charge in [-0.2, -0.15) is 0 Å². The molecule has 1 nitrogen and oxygen atoms in total. The molecule has 1 fully saturated rings. The SMILES string of the molecule is CN(CCc1ccc(Cl)cc1)C1CC1. The fraction of sp³-hybridized carbons (Fsp3) is 0.500. The summed E-state index contributed by atoms with van der Waals surface area (Å²) in [4.78, 5) is 2.45. The zero-order valence-electron chi connectivity index (χ0n) is 8.54. The quantitative estimate of drug-likeness (QED) is 0.737. The average molecular weight is 210 g/mol. The van der Waals surface area contributed by atoms with Crippen molar-refractivity contribution in [2.75, 3.05) is 13.6 Å². The third-order valence-electron chi connectivity index (χ3n) is 2.84. The molecule has 0 saturated heterocycles. The predicted molar refractivity (Wildman–Crippen MR) is 60.8 cm³/mol. The highest BCUT2D eigenvalue weighted by atomic mass is 35.5. The molecule has 2 rings (SSSR count). The molecular weight excluding hydrogens is 194 g/mol. The fourth-order valence-electron chi connectivity index (χ4n) is 1.65. The Morgan fingerprint density at radius 2 is 1.93 bits per heavy atom. The van der Waals surface area contributed by atoms with Crippen LogP contribution >= 0.6 is 11.6 Å². The van der Waals surface area contributed by atoms with Gasteiger partial charge >= 0.3 is 0 Å². The maximum atomic E-state index is 5.82. The highest BCUT2D eigenvalue weighted by molar-refractivity contribution is 6.30. The van der Waals surface area contributed by atoms with Crippen LogP contribution in [0.3, 0.4) is 0 Å². The Balaban J connectivity index is 1.82. The van der Waals surface area contributed by atoms with Crippen molar-refractivity contribution in [1.82, 2.24) is 4.90 Å². The standard InChI is InChI=1S/C12H16ClN/c1-14(12-6-7-12)9-8-10-2-4-11(13)5-3-10/h2-5,12H,6-9H2,1H3. The molecule has 1 aromatic carbocycles. The molecule has 0 heterocycles. The van der Waals surface area contributed by atoms with Crippen molar-refractivity contribution in [2.45, 2.75) is 25.3 Å². The van der Waals surface area contributed by atoms with Gasteiger partial charge in [0.2, 0.25) is 0 Å². The highest BCUT2D eigenvalue weighted by Gasteiger charge is 2.25. The van der Waals surface area contributed by atoms with Gasteiger partial charge in [-0.15, -0.1) is 0 Å². The van der Waals surface area contributed by atoms with Gasteiger partial charge in [-0.3, -0.25) is 0 Å². The van der Waals surface area contributed by atoms with Crippen molar-refractivity contribution in [3.05, 3.63) is 34.9 Å². The minimum atomic E-state index is 0.823. The van der Waals surface area contributed by atoms with Crippen molar-refractivity contribution in [3.8, 4) is 0 Å². The summed E-state index contributed by atoms with van der Waals surface area (Å²) in [5, 5.41) is 0.823. The molecule has 0 aromatic heterocycles. The first kappa shape index (κ1) is 10.0. The number of hydrogen-bond acceptors (Lipinski definition) is 1. The Labute approximate surface area is 90.7 Å². The van der Waals surface area contributed by atoms with Crippen LogP contribution in [0.2, 0.25) is 5.02 Å². The van der Waals surface area contributed by atoms with Crippen LogP contribution < -0.4 is 0 Å². The van der Waals surface area contributed by atoms with E-state index in [-0.39, 0.29) is 0 Å². The van der Waals surface area contributed by atoms with Gasteiger partial charge < -0.3 is 4.90 Å². The van der Waals surface area contributed by atoms with Crippen molar-refractivity contribution in [1.29, 1.82) is 0 Å². The smallest absolute Gasteiger partial charge is 0.0406 e. The fourth-order valence-corrected chi connectivity index (χ4v) is 1.78. The molecule has 76 valence electrons. The monoisotopic (exact) mass is 209 g/mol. The summed E-state index contributed by atoms with van der Waals surface area (Å²) in [6.07, 6.45) is 3.90. The van der Waals surface area contributed by atoms with Crippen LogP contribution in [0.4, 0.5) is 0 Å². The Bertz CT molecular complexity index is 290. The van der Waals surface area contributed by atoms with Crippen molar-refractivity contribution in [3.63, 3.8) is 0 Å². The van der Waals surface area contributed by atoms with Crippen LogP contribution in [0.5, 0.6) is 0 Å². The summed E-state index contributed by atoms with van der Waals surface area (Å²) in [7, 11) is 2.22. The van der Waals surface area contributed by atoms with Crippen molar-refractivity contribution >= 4 is 11.6 Å². The second-order valence-electron chi connectivity index (χ2n) is 4.09. The number of halogens is 1. The molecule has 0 N–H and O–H groups in total. The van der Waals surface area contributed by atoms with Crippen molar-refractivity contribution in [2.24, 2.45) is 0 Å². The van der Waals surface area contributed by atoms with Gasteiger partial charge in [-0.25, -0.2) is 0 Å². The molecule has 0 bridgehead atoms. The first-order valence-electron chi connectivity index (χ1n) is 5.20. The second kappa shape index (κ2) is 4.33. The molecule has 0 amide bonds. The van der Waals surface area contributed by atoms with E-state index in [1.807, 2.05) is 12.1 Å². The van der Waals surface area contributed by atoms with Crippen LogP contribution in [-0.4, -0.2) is 24.5 Å². The Morgan fingerprint density at radius 1 is 1.29 bits per heavy atom. The minimum absolute atomic E-state index is 0.823.